The van der Waals surface area contributed by atoms with Crippen LogP contribution in [0.1, 0.15) is 30.4 Å². The SMILES string of the molecule is COC(=O)c1cn([C@@H]2[C@H]([C@H](O)CO)O[C@H]3OC(C)(C)O[C@@H]32)nn1. The average molecular weight is 329 g/mol. The van der Waals surface area contributed by atoms with Crippen LogP contribution in [0.4, 0.5) is 0 Å². The molecule has 10 heteroatoms. The van der Waals surface area contributed by atoms with Crippen LogP contribution in [0.2, 0.25) is 0 Å². The van der Waals surface area contributed by atoms with Gasteiger partial charge >= 0.3 is 5.97 Å². The van der Waals surface area contributed by atoms with Gasteiger partial charge in [0.25, 0.3) is 0 Å². The van der Waals surface area contributed by atoms with Crippen molar-refractivity contribution in [2.24, 2.45) is 0 Å². The van der Waals surface area contributed by atoms with Gasteiger partial charge in [0.15, 0.2) is 17.8 Å². The minimum Gasteiger partial charge on any atom is -0.464 e. The topological polar surface area (TPSA) is 125 Å². The highest BCUT2D eigenvalue weighted by molar-refractivity contribution is 5.86. The molecule has 0 spiro atoms. The lowest BCUT2D eigenvalue weighted by Gasteiger charge is -2.27. The standard InChI is InChI=1S/C13H19N3O7/c1-13(2)22-10-8(9(7(18)5-17)21-12(10)23-13)16-4-6(14-15-16)11(19)20-3/h4,7-10,12,17-18H,5H2,1-3H3/t7-,8-,9+,10-,12+/m1/s1. The summed E-state index contributed by atoms with van der Waals surface area (Å²) in [5.41, 5.74) is 0.0198. The molecule has 2 aliphatic rings. The normalized spacial score (nSPS) is 33.4. The van der Waals surface area contributed by atoms with Crippen molar-refractivity contribution in [2.75, 3.05) is 13.7 Å². The van der Waals surface area contributed by atoms with E-state index >= 15 is 0 Å². The molecule has 0 aliphatic carbocycles. The van der Waals surface area contributed by atoms with Gasteiger partial charge in [-0.2, -0.15) is 0 Å². The fourth-order valence-electron chi connectivity index (χ4n) is 2.86. The van der Waals surface area contributed by atoms with Gasteiger partial charge in [-0.3, -0.25) is 0 Å². The van der Waals surface area contributed by atoms with Crippen molar-refractivity contribution in [3.8, 4) is 0 Å². The largest absolute Gasteiger partial charge is 0.464 e. The number of aliphatic hydroxyl groups is 2. The van der Waals surface area contributed by atoms with Gasteiger partial charge in [-0.1, -0.05) is 5.21 Å². The Labute approximate surface area is 131 Å². The molecule has 0 saturated carbocycles. The maximum atomic E-state index is 11.5. The van der Waals surface area contributed by atoms with Crippen molar-refractivity contribution in [3.63, 3.8) is 0 Å². The van der Waals surface area contributed by atoms with Crippen LogP contribution >= 0.6 is 0 Å². The van der Waals surface area contributed by atoms with Crippen LogP contribution in [-0.2, 0) is 18.9 Å². The van der Waals surface area contributed by atoms with Crippen LogP contribution in [0.5, 0.6) is 0 Å². The van der Waals surface area contributed by atoms with Crippen molar-refractivity contribution in [2.45, 2.75) is 50.3 Å². The van der Waals surface area contributed by atoms with Crippen LogP contribution in [-0.4, -0.2) is 75.3 Å². The summed E-state index contributed by atoms with van der Waals surface area (Å²) in [7, 11) is 1.24. The van der Waals surface area contributed by atoms with Gasteiger partial charge < -0.3 is 29.2 Å². The van der Waals surface area contributed by atoms with Crippen molar-refractivity contribution >= 4 is 5.97 Å². The minimum absolute atomic E-state index is 0.0198. The molecule has 1 aromatic rings. The van der Waals surface area contributed by atoms with Crippen molar-refractivity contribution < 1.29 is 34.0 Å². The van der Waals surface area contributed by atoms with Crippen LogP contribution < -0.4 is 0 Å². The third-order valence-corrected chi connectivity index (χ3v) is 3.83. The number of fused-ring (bicyclic) bond motifs is 1. The van der Waals surface area contributed by atoms with E-state index in [4.69, 9.17) is 14.2 Å². The second kappa shape index (κ2) is 5.80. The molecule has 0 aromatic carbocycles. The first-order valence-electron chi connectivity index (χ1n) is 7.16. The monoisotopic (exact) mass is 329 g/mol. The lowest BCUT2D eigenvalue weighted by atomic mass is 10.0. The van der Waals surface area contributed by atoms with E-state index in [-0.39, 0.29) is 5.69 Å². The highest BCUT2D eigenvalue weighted by Gasteiger charge is 2.57. The summed E-state index contributed by atoms with van der Waals surface area (Å²) in [5, 5.41) is 26.9. The molecule has 3 rings (SSSR count). The number of aromatic nitrogens is 3. The number of hydrogen-bond donors (Lipinski definition) is 2. The third kappa shape index (κ3) is 2.83. The summed E-state index contributed by atoms with van der Waals surface area (Å²) in [6.45, 7) is 2.98. The molecular weight excluding hydrogens is 310 g/mol. The number of nitrogens with zero attached hydrogens (tertiary/aromatic N) is 3. The minimum atomic E-state index is -1.16. The number of methoxy groups -OCH3 is 1. The Morgan fingerprint density at radius 3 is 2.91 bits per heavy atom. The second-order valence-corrected chi connectivity index (χ2v) is 5.89. The van der Waals surface area contributed by atoms with E-state index in [1.807, 2.05) is 0 Å². The van der Waals surface area contributed by atoms with E-state index in [1.165, 1.54) is 18.0 Å². The fourth-order valence-corrected chi connectivity index (χ4v) is 2.86. The van der Waals surface area contributed by atoms with Crippen molar-refractivity contribution in [3.05, 3.63) is 11.9 Å². The molecule has 0 radical (unpaired) electrons. The van der Waals surface area contributed by atoms with Gasteiger partial charge in [0.1, 0.15) is 24.4 Å². The molecule has 5 atom stereocenters. The van der Waals surface area contributed by atoms with Crippen LogP contribution in [0.3, 0.4) is 0 Å². The van der Waals surface area contributed by atoms with E-state index in [0.717, 1.165) is 0 Å². The molecule has 0 unspecified atom stereocenters. The Kier molecular flexibility index (Phi) is 4.10. The summed E-state index contributed by atoms with van der Waals surface area (Å²) in [6.07, 6.45) is -1.88. The van der Waals surface area contributed by atoms with Crippen LogP contribution in [0, 0.1) is 0 Å². The smallest absolute Gasteiger partial charge is 0.360 e. The molecular formula is C13H19N3O7. The zero-order valence-electron chi connectivity index (χ0n) is 12.9. The summed E-state index contributed by atoms with van der Waals surface area (Å²) < 4.78 is 23.1. The first-order chi connectivity index (χ1) is 10.9. The van der Waals surface area contributed by atoms with E-state index in [9.17, 15) is 15.0 Å². The molecule has 23 heavy (non-hydrogen) atoms. The molecule has 128 valence electrons. The van der Waals surface area contributed by atoms with Gasteiger partial charge in [-0.15, -0.1) is 5.10 Å². The zero-order chi connectivity index (χ0) is 16.8. The predicted molar refractivity (Wildman–Crippen MR) is 72.2 cm³/mol. The highest BCUT2D eigenvalue weighted by Crippen LogP contribution is 2.43. The van der Waals surface area contributed by atoms with Gasteiger partial charge in [-0.25, -0.2) is 9.48 Å². The van der Waals surface area contributed by atoms with Crippen molar-refractivity contribution in [1.82, 2.24) is 15.0 Å². The molecule has 0 bridgehead atoms. The van der Waals surface area contributed by atoms with Gasteiger partial charge in [0.2, 0.25) is 0 Å². The van der Waals surface area contributed by atoms with E-state index in [1.54, 1.807) is 13.8 Å². The van der Waals surface area contributed by atoms with Gasteiger partial charge in [-0.05, 0) is 13.8 Å². The quantitative estimate of drug-likeness (QED) is 0.658. The average Bonchev–Trinajstić information content (AvgIpc) is 3.17. The van der Waals surface area contributed by atoms with Crippen LogP contribution in [0.15, 0.2) is 6.20 Å². The number of aliphatic hydroxyl groups excluding tert-OH is 2. The number of rotatable bonds is 4. The Hall–Kier alpha value is -1.59. The second-order valence-electron chi connectivity index (χ2n) is 5.89. The zero-order valence-corrected chi connectivity index (χ0v) is 12.9. The van der Waals surface area contributed by atoms with E-state index in [0.29, 0.717) is 0 Å². The first-order valence-corrected chi connectivity index (χ1v) is 7.16. The summed E-state index contributed by atoms with van der Waals surface area (Å²) in [6, 6.07) is -0.616. The Morgan fingerprint density at radius 2 is 2.26 bits per heavy atom. The predicted octanol–water partition coefficient (Wildman–Crippen LogP) is -1.16. The number of carbonyl (C=O) groups excluding carboxylic acids is 1. The fraction of sp³-hybridized carbons (Fsp3) is 0.769. The van der Waals surface area contributed by atoms with Gasteiger partial charge in [0.05, 0.1) is 19.9 Å². The Balaban J connectivity index is 1.91. The maximum absolute atomic E-state index is 11.5. The number of carbonyl (C=O) groups is 1. The Morgan fingerprint density at radius 1 is 1.52 bits per heavy atom. The molecule has 10 nitrogen and oxygen atoms in total. The third-order valence-electron chi connectivity index (χ3n) is 3.83. The number of esters is 1. The maximum Gasteiger partial charge on any atom is 0.360 e. The molecule has 2 N–H and O–H groups in total. The summed E-state index contributed by atoms with van der Waals surface area (Å²) >= 11 is 0. The molecule has 2 saturated heterocycles. The number of ether oxygens (including phenoxy) is 4. The molecule has 2 aliphatic heterocycles. The molecule has 0 amide bonds. The first kappa shape index (κ1) is 16.3. The number of hydrogen-bond acceptors (Lipinski definition) is 9. The molecule has 3 heterocycles. The summed E-state index contributed by atoms with van der Waals surface area (Å²) in [4.78, 5) is 11.5. The van der Waals surface area contributed by atoms with Crippen molar-refractivity contribution in [1.29, 1.82) is 0 Å². The Bertz CT molecular complexity index is 590. The molecule has 1 aromatic heterocycles. The van der Waals surface area contributed by atoms with Crippen LogP contribution in [0.25, 0.3) is 0 Å². The molecule has 2 fully saturated rings. The van der Waals surface area contributed by atoms with E-state index < -0.39 is 49.0 Å². The highest BCUT2D eigenvalue weighted by atomic mass is 16.8. The van der Waals surface area contributed by atoms with E-state index in [2.05, 4.69) is 15.0 Å². The lowest BCUT2D eigenvalue weighted by molar-refractivity contribution is -0.221. The van der Waals surface area contributed by atoms with Gasteiger partial charge in [0, 0.05) is 0 Å². The summed E-state index contributed by atoms with van der Waals surface area (Å²) in [5.74, 6) is -1.48. The lowest BCUT2D eigenvalue weighted by Crippen LogP contribution is -2.40.